The summed E-state index contributed by atoms with van der Waals surface area (Å²) < 4.78 is 5.53. The maximum absolute atomic E-state index is 12.1. The van der Waals surface area contributed by atoms with Crippen molar-refractivity contribution in [2.75, 3.05) is 19.7 Å². The quantitative estimate of drug-likeness (QED) is 0.779. The lowest BCUT2D eigenvalue weighted by Gasteiger charge is -2.33. The predicted molar refractivity (Wildman–Crippen MR) is 75.6 cm³/mol. The molecule has 0 bridgehead atoms. The van der Waals surface area contributed by atoms with Gasteiger partial charge in [0.15, 0.2) is 0 Å². The summed E-state index contributed by atoms with van der Waals surface area (Å²) in [5, 5.41) is 11.8. The number of carbonyl (C=O) groups excluding carboxylic acids is 1. The van der Waals surface area contributed by atoms with E-state index in [0.29, 0.717) is 26.1 Å². The van der Waals surface area contributed by atoms with E-state index >= 15 is 0 Å². The number of rotatable bonds is 6. The van der Waals surface area contributed by atoms with Crippen LogP contribution in [0, 0.1) is 5.92 Å². The molecule has 1 aliphatic heterocycles. The van der Waals surface area contributed by atoms with Gasteiger partial charge in [0.25, 0.3) is 0 Å². The maximum Gasteiger partial charge on any atom is 0.326 e. The van der Waals surface area contributed by atoms with Crippen molar-refractivity contribution < 1.29 is 19.4 Å². The molecule has 0 radical (unpaired) electrons. The molecule has 0 aromatic carbocycles. The molecule has 2 amide bonds. The first kappa shape index (κ1) is 16.8. The standard InChI is InChI=1S/C14H26N2O4/c1-4-10(3)12(13(17)18)15-14(19)16-8-6-11(7-9-16)20-5-2/h10-12H,4-9H2,1-3H3,(H,15,19)(H,17,18)/t10-,12-/m0/s1. The Balaban J connectivity index is 2.48. The van der Waals surface area contributed by atoms with Gasteiger partial charge in [0.05, 0.1) is 6.10 Å². The van der Waals surface area contributed by atoms with Gasteiger partial charge in [-0.1, -0.05) is 20.3 Å². The summed E-state index contributed by atoms with van der Waals surface area (Å²) in [6, 6.07) is -1.11. The third kappa shape index (κ3) is 4.67. The van der Waals surface area contributed by atoms with Gasteiger partial charge < -0.3 is 20.1 Å². The largest absolute Gasteiger partial charge is 0.480 e. The molecule has 0 aromatic heterocycles. The second kappa shape index (κ2) is 8.09. The summed E-state index contributed by atoms with van der Waals surface area (Å²) in [5.74, 6) is -1.06. The van der Waals surface area contributed by atoms with E-state index in [-0.39, 0.29) is 18.1 Å². The van der Waals surface area contributed by atoms with Crippen molar-refractivity contribution in [1.29, 1.82) is 0 Å². The SMILES string of the molecule is CCOC1CCN(C(=O)N[C@H](C(=O)O)[C@@H](C)CC)CC1. The zero-order chi connectivity index (χ0) is 15.1. The molecular formula is C14H26N2O4. The molecule has 20 heavy (non-hydrogen) atoms. The lowest BCUT2D eigenvalue weighted by Crippen LogP contribution is -2.52. The summed E-state index contributed by atoms with van der Waals surface area (Å²) in [5.41, 5.74) is 0. The van der Waals surface area contributed by atoms with E-state index in [9.17, 15) is 14.7 Å². The Labute approximate surface area is 120 Å². The Hall–Kier alpha value is -1.30. The zero-order valence-electron chi connectivity index (χ0n) is 12.6. The van der Waals surface area contributed by atoms with Crippen molar-refractivity contribution in [2.45, 2.75) is 52.2 Å². The number of hydrogen-bond donors (Lipinski definition) is 2. The van der Waals surface area contributed by atoms with E-state index in [2.05, 4.69) is 5.32 Å². The summed E-state index contributed by atoms with van der Waals surface area (Å²) in [4.78, 5) is 25.0. The fourth-order valence-electron chi connectivity index (χ4n) is 2.37. The maximum atomic E-state index is 12.1. The summed E-state index contributed by atoms with van der Waals surface area (Å²) in [7, 11) is 0. The minimum atomic E-state index is -0.975. The van der Waals surface area contributed by atoms with Crippen LogP contribution >= 0.6 is 0 Å². The number of carbonyl (C=O) groups is 2. The van der Waals surface area contributed by atoms with E-state index in [4.69, 9.17) is 4.74 Å². The highest BCUT2D eigenvalue weighted by molar-refractivity contribution is 5.82. The van der Waals surface area contributed by atoms with Gasteiger partial charge in [0.1, 0.15) is 6.04 Å². The highest BCUT2D eigenvalue weighted by atomic mass is 16.5. The van der Waals surface area contributed by atoms with Gasteiger partial charge in [-0.2, -0.15) is 0 Å². The Morgan fingerprint density at radius 1 is 1.35 bits per heavy atom. The van der Waals surface area contributed by atoms with Crippen molar-refractivity contribution in [2.24, 2.45) is 5.92 Å². The predicted octanol–water partition coefficient (Wildman–Crippen LogP) is 1.70. The molecule has 0 aromatic rings. The number of nitrogens with zero attached hydrogens (tertiary/aromatic N) is 1. The molecule has 0 spiro atoms. The molecule has 0 unspecified atom stereocenters. The van der Waals surface area contributed by atoms with Crippen LogP contribution in [-0.4, -0.2) is 53.8 Å². The van der Waals surface area contributed by atoms with Crippen LogP contribution in [-0.2, 0) is 9.53 Å². The molecule has 1 rings (SSSR count). The van der Waals surface area contributed by atoms with Crippen molar-refractivity contribution in [3.63, 3.8) is 0 Å². The van der Waals surface area contributed by atoms with E-state index in [1.54, 1.807) is 4.90 Å². The Bertz CT molecular complexity index is 327. The summed E-state index contributed by atoms with van der Waals surface area (Å²) in [6.45, 7) is 7.63. The summed E-state index contributed by atoms with van der Waals surface area (Å²) in [6.07, 6.45) is 2.54. The molecule has 1 saturated heterocycles. The smallest absolute Gasteiger partial charge is 0.326 e. The number of likely N-dealkylation sites (tertiary alicyclic amines) is 1. The van der Waals surface area contributed by atoms with Crippen molar-refractivity contribution in [3.05, 3.63) is 0 Å². The molecule has 2 atom stereocenters. The van der Waals surface area contributed by atoms with Crippen molar-refractivity contribution >= 4 is 12.0 Å². The molecule has 116 valence electrons. The molecule has 1 heterocycles. The van der Waals surface area contributed by atoms with Gasteiger partial charge in [-0.05, 0) is 25.7 Å². The molecular weight excluding hydrogens is 260 g/mol. The van der Waals surface area contributed by atoms with Crippen LogP contribution < -0.4 is 5.32 Å². The average Bonchev–Trinajstić information content (AvgIpc) is 2.44. The topological polar surface area (TPSA) is 78.9 Å². The number of aliphatic carboxylic acids is 1. The third-order valence-electron chi connectivity index (χ3n) is 3.89. The second-order valence-corrected chi connectivity index (χ2v) is 5.29. The van der Waals surface area contributed by atoms with E-state index < -0.39 is 12.0 Å². The fraction of sp³-hybridized carbons (Fsp3) is 0.857. The first-order valence-corrected chi connectivity index (χ1v) is 7.39. The molecule has 6 nitrogen and oxygen atoms in total. The molecule has 2 N–H and O–H groups in total. The Kier molecular flexibility index (Phi) is 6.78. The number of carboxylic acid groups (broad SMARTS) is 1. The van der Waals surface area contributed by atoms with E-state index in [1.165, 1.54) is 0 Å². The van der Waals surface area contributed by atoms with Crippen LogP contribution in [0.25, 0.3) is 0 Å². The zero-order valence-corrected chi connectivity index (χ0v) is 12.6. The highest BCUT2D eigenvalue weighted by Crippen LogP contribution is 2.15. The van der Waals surface area contributed by atoms with Crippen LogP contribution in [0.15, 0.2) is 0 Å². The number of nitrogens with one attached hydrogen (secondary N) is 1. The Morgan fingerprint density at radius 2 is 1.95 bits per heavy atom. The molecule has 1 aliphatic rings. The van der Waals surface area contributed by atoms with Gasteiger partial charge in [-0.15, -0.1) is 0 Å². The first-order valence-electron chi connectivity index (χ1n) is 7.39. The first-order chi connectivity index (χ1) is 9.49. The van der Waals surface area contributed by atoms with Crippen LogP contribution in [0.4, 0.5) is 4.79 Å². The molecule has 0 saturated carbocycles. The fourth-order valence-corrected chi connectivity index (χ4v) is 2.37. The molecule has 6 heteroatoms. The number of piperidine rings is 1. The number of hydrogen-bond acceptors (Lipinski definition) is 3. The average molecular weight is 286 g/mol. The molecule has 0 aliphatic carbocycles. The van der Waals surface area contributed by atoms with Gasteiger partial charge in [-0.25, -0.2) is 9.59 Å². The minimum absolute atomic E-state index is 0.0857. The normalized spacial score (nSPS) is 19.4. The monoisotopic (exact) mass is 286 g/mol. The van der Waals surface area contributed by atoms with Crippen LogP contribution in [0.1, 0.15) is 40.0 Å². The number of ether oxygens (including phenoxy) is 1. The van der Waals surface area contributed by atoms with E-state index in [0.717, 1.165) is 12.8 Å². The van der Waals surface area contributed by atoms with Crippen LogP contribution in [0.3, 0.4) is 0 Å². The van der Waals surface area contributed by atoms with Gasteiger partial charge in [0, 0.05) is 19.7 Å². The van der Waals surface area contributed by atoms with Crippen molar-refractivity contribution in [1.82, 2.24) is 10.2 Å². The lowest BCUT2D eigenvalue weighted by molar-refractivity contribution is -0.140. The van der Waals surface area contributed by atoms with Crippen LogP contribution in [0.5, 0.6) is 0 Å². The molecule has 1 fully saturated rings. The Morgan fingerprint density at radius 3 is 2.40 bits per heavy atom. The van der Waals surface area contributed by atoms with Crippen molar-refractivity contribution in [3.8, 4) is 0 Å². The summed E-state index contributed by atoms with van der Waals surface area (Å²) >= 11 is 0. The van der Waals surface area contributed by atoms with Gasteiger partial charge in [0.2, 0.25) is 0 Å². The third-order valence-corrected chi connectivity index (χ3v) is 3.89. The lowest BCUT2D eigenvalue weighted by atomic mass is 9.99. The number of carboxylic acids is 1. The second-order valence-electron chi connectivity index (χ2n) is 5.29. The number of amides is 2. The van der Waals surface area contributed by atoms with Crippen LogP contribution in [0.2, 0.25) is 0 Å². The van der Waals surface area contributed by atoms with Gasteiger partial charge >= 0.3 is 12.0 Å². The minimum Gasteiger partial charge on any atom is -0.480 e. The van der Waals surface area contributed by atoms with Gasteiger partial charge in [-0.3, -0.25) is 0 Å². The highest BCUT2D eigenvalue weighted by Gasteiger charge is 2.29. The number of urea groups is 1. The van der Waals surface area contributed by atoms with E-state index in [1.807, 2.05) is 20.8 Å².